The van der Waals surface area contributed by atoms with Crippen LogP contribution in [0.25, 0.3) is 0 Å². The van der Waals surface area contributed by atoms with Crippen molar-refractivity contribution in [1.29, 1.82) is 0 Å². The molecule has 0 N–H and O–H groups in total. The van der Waals surface area contributed by atoms with Gasteiger partial charge in [-0.15, -0.1) is 0 Å². The van der Waals surface area contributed by atoms with Crippen LogP contribution in [0.3, 0.4) is 0 Å². The first-order valence-corrected chi connectivity index (χ1v) is 7.61. The first-order chi connectivity index (χ1) is 10.1. The van der Waals surface area contributed by atoms with E-state index in [0.717, 1.165) is 12.0 Å². The molecule has 1 amide bonds. The molecule has 1 fully saturated rings. The molecule has 2 rings (SSSR count). The maximum atomic E-state index is 12.1. The molecule has 0 saturated carbocycles. The van der Waals surface area contributed by atoms with Crippen LogP contribution in [0.4, 0.5) is 0 Å². The monoisotopic (exact) mass is 289 g/mol. The fraction of sp³-hybridized carbons (Fsp3) is 0.529. The summed E-state index contributed by atoms with van der Waals surface area (Å²) in [6, 6.07) is 10.1. The maximum absolute atomic E-state index is 12.1. The molecule has 0 spiro atoms. The van der Waals surface area contributed by atoms with Crippen molar-refractivity contribution in [3.8, 4) is 0 Å². The average molecular weight is 289 g/mol. The summed E-state index contributed by atoms with van der Waals surface area (Å²) < 4.78 is 5.05. The van der Waals surface area contributed by atoms with E-state index in [1.165, 1.54) is 0 Å². The molecule has 1 unspecified atom stereocenters. The number of esters is 1. The van der Waals surface area contributed by atoms with Crippen molar-refractivity contribution < 1.29 is 14.3 Å². The van der Waals surface area contributed by atoms with Gasteiger partial charge in [0.15, 0.2) is 0 Å². The van der Waals surface area contributed by atoms with E-state index in [-0.39, 0.29) is 23.8 Å². The summed E-state index contributed by atoms with van der Waals surface area (Å²) in [6.07, 6.45) is 2.08. The molecule has 1 aliphatic heterocycles. The van der Waals surface area contributed by atoms with Crippen molar-refractivity contribution in [3.63, 3.8) is 0 Å². The Balaban J connectivity index is 1.98. The van der Waals surface area contributed by atoms with Crippen LogP contribution in [0.2, 0.25) is 0 Å². The van der Waals surface area contributed by atoms with Crippen LogP contribution in [0.15, 0.2) is 30.3 Å². The number of likely N-dealkylation sites (tertiary alicyclic amines) is 1. The molecule has 114 valence electrons. The van der Waals surface area contributed by atoms with Gasteiger partial charge in [-0.2, -0.15) is 0 Å². The predicted octanol–water partition coefficient (Wildman–Crippen LogP) is 2.77. The SMILES string of the molecule is CCOC(=O)C(C)C[C@@H]1CCC(=O)N1Cc1ccccc1. The Bertz CT molecular complexity index is 486. The Hall–Kier alpha value is -1.84. The molecule has 0 radical (unpaired) electrons. The zero-order valence-corrected chi connectivity index (χ0v) is 12.7. The molecule has 4 nitrogen and oxygen atoms in total. The summed E-state index contributed by atoms with van der Waals surface area (Å²) in [5.74, 6) is -0.157. The quantitative estimate of drug-likeness (QED) is 0.757. The Labute approximate surface area is 126 Å². The lowest BCUT2D eigenvalue weighted by molar-refractivity contribution is -0.148. The van der Waals surface area contributed by atoms with E-state index in [1.54, 1.807) is 0 Å². The number of benzene rings is 1. The number of carbonyl (C=O) groups is 2. The van der Waals surface area contributed by atoms with Crippen molar-refractivity contribution in [2.24, 2.45) is 5.92 Å². The van der Waals surface area contributed by atoms with Crippen LogP contribution in [-0.4, -0.2) is 29.4 Å². The molecule has 0 bridgehead atoms. The molecule has 1 aromatic carbocycles. The number of amides is 1. The molecular formula is C17H23NO3. The lowest BCUT2D eigenvalue weighted by Crippen LogP contribution is -2.35. The van der Waals surface area contributed by atoms with Crippen LogP contribution in [0.5, 0.6) is 0 Å². The highest BCUT2D eigenvalue weighted by molar-refractivity contribution is 5.79. The van der Waals surface area contributed by atoms with E-state index >= 15 is 0 Å². The second kappa shape index (κ2) is 7.25. The van der Waals surface area contributed by atoms with Gasteiger partial charge < -0.3 is 9.64 Å². The van der Waals surface area contributed by atoms with E-state index in [4.69, 9.17) is 4.74 Å². The summed E-state index contributed by atoms with van der Waals surface area (Å²) in [7, 11) is 0. The zero-order valence-electron chi connectivity index (χ0n) is 12.7. The van der Waals surface area contributed by atoms with Crippen LogP contribution in [0.1, 0.15) is 38.7 Å². The molecule has 4 heteroatoms. The Morgan fingerprint density at radius 2 is 2.10 bits per heavy atom. The fourth-order valence-electron chi connectivity index (χ4n) is 2.82. The van der Waals surface area contributed by atoms with Crippen molar-refractivity contribution in [2.45, 2.75) is 45.7 Å². The van der Waals surface area contributed by atoms with Crippen LogP contribution in [0, 0.1) is 5.92 Å². The van der Waals surface area contributed by atoms with E-state index in [1.807, 2.05) is 49.1 Å². The highest BCUT2D eigenvalue weighted by atomic mass is 16.5. The van der Waals surface area contributed by atoms with Crippen LogP contribution >= 0.6 is 0 Å². The van der Waals surface area contributed by atoms with Gasteiger partial charge in [-0.1, -0.05) is 37.3 Å². The van der Waals surface area contributed by atoms with E-state index in [2.05, 4.69) is 0 Å². The Morgan fingerprint density at radius 1 is 1.38 bits per heavy atom. The maximum Gasteiger partial charge on any atom is 0.308 e. The largest absolute Gasteiger partial charge is 0.466 e. The molecule has 1 aliphatic rings. The molecule has 0 aromatic heterocycles. The number of rotatable bonds is 6. The molecule has 1 heterocycles. The second-order valence-corrected chi connectivity index (χ2v) is 5.59. The van der Waals surface area contributed by atoms with E-state index < -0.39 is 0 Å². The molecule has 0 aliphatic carbocycles. The van der Waals surface area contributed by atoms with Gasteiger partial charge in [0, 0.05) is 19.0 Å². The number of ether oxygens (including phenoxy) is 1. The van der Waals surface area contributed by atoms with Gasteiger partial charge in [0.25, 0.3) is 0 Å². The first-order valence-electron chi connectivity index (χ1n) is 7.61. The minimum Gasteiger partial charge on any atom is -0.466 e. The lowest BCUT2D eigenvalue weighted by Gasteiger charge is -2.26. The first kappa shape index (κ1) is 15.5. The van der Waals surface area contributed by atoms with Crippen molar-refractivity contribution >= 4 is 11.9 Å². The zero-order chi connectivity index (χ0) is 15.2. The number of hydrogen-bond acceptors (Lipinski definition) is 3. The third kappa shape index (κ3) is 4.06. The third-order valence-corrected chi connectivity index (χ3v) is 3.96. The topological polar surface area (TPSA) is 46.6 Å². The van der Waals surface area contributed by atoms with Gasteiger partial charge in [-0.3, -0.25) is 9.59 Å². The predicted molar refractivity (Wildman–Crippen MR) is 80.4 cm³/mol. The third-order valence-electron chi connectivity index (χ3n) is 3.96. The van der Waals surface area contributed by atoms with E-state index in [9.17, 15) is 9.59 Å². The van der Waals surface area contributed by atoms with Gasteiger partial charge in [-0.25, -0.2) is 0 Å². The molecule has 21 heavy (non-hydrogen) atoms. The van der Waals surface area contributed by atoms with Gasteiger partial charge in [0.2, 0.25) is 5.91 Å². The minimum absolute atomic E-state index is 0.136. The van der Waals surface area contributed by atoms with Gasteiger partial charge in [0.05, 0.1) is 12.5 Å². The van der Waals surface area contributed by atoms with Crippen LogP contribution < -0.4 is 0 Å². The second-order valence-electron chi connectivity index (χ2n) is 5.59. The molecular weight excluding hydrogens is 266 g/mol. The molecule has 2 atom stereocenters. The van der Waals surface area contributed by atoms with Crippen molar-refractivity contribution in [2.75, 3.05) is 6.61 Å². The van der Waals surface area contributed by atoms with E-state index in [0.29, 0.717) is 26.0 Å². The van der Waals surface area contributed by atoms with Gasteiger partial charge in [0.1, 0.15) is 0 Å². The Morgan fingerprint density at radius 3 is 2.76 bits per heavy atom. The normalized spacial score (nSPS) is 19.6. The van der Waals surface area contributed by atoms with Crippen molar-refractivity contribution in [3.05, 3.63) is 35.9 Å². The van der Waals surface area contributed by atoms with Crippen LogP contribution in [-0.2, 0) is 20.9 Å². The summed E-state index contributed by atoms with van der Waals surface area (Å²) >= 11 is 0. The molecule has 1 saturated heterocycles. The summed E-state index contributed by atoms with van der Waals surface area (Å²) in [6.45, 7) is 4.72. The highest BCUT2D eigenvalue weighted by Crippen LogP contribution is 2.26. The Kier molecular flexibility index (Phi) is 5.37. The summed E-state index contributed by atoms with van der Waals surface area (Å²) in [5, 5.41) is 0. The smallest absolute Gasteiger partial charge is 0.308 e. The average Bonchev–Trinajstić information content (AvgIpc) is 2.81. The summed E-state index contributed by atoms with van der Waals surface area (Å²) in [4.78, 5) is 25.7. The van der Waals surface area contributed by atoms with Gasteiger partial charge >= 0.3 is 5.97 Å². The lowest BCUT2D eigenvalue weighted by atomic mass is 10.00. The highest BCUT2D eigenvalue weighted by Gasteiger charge is 2.33. The fourth-order valence-corrected chi connectivity index (χ4v) is 2.82. The standard InChI is InChI=1S/C17H23NO3/c1-3-21-17(20)13(2)11-15-9-10-16(19)18(15)12-14-7-5-4-6-8-14/h4-8,13,15H,3,9-12H2,1-2H3/t13?,15-/m0/s1. The number of carbonyl (C=O) groups excluding carboxylic acids is 2. The summed E-state index contributed by atoms with van der Waals surface area (Å²) in [5.41, 5.74) is 1.13. The van der Waals surface area contributed by atoms with Crippen molar-refractivity contribution in [1.82, 2.24) is 4.90 Å². The molecule has 1 aromatic rings. The number of nitrogens with zero attached hydrogens (tertiary/aromatic N) is 1. The number of hydrogen-bond donors (Lipinski definition) is 0. The minimum atomic E-state index is -0.170. The van der Waals surface area contributed by atoms with Gasteiger partial charge in [-0.05, 0) is 25.3 Å².